The summed E-state index contributed by atoms with van der Waals surface area (Å²) in [5.41, 5.74) is 9.18. The van der Waals surface area contributed by atoms with Gasteiger partial charge in [0.1, 0.15) is 0 Å². The maximum Gasteiger partial charge on any atom is -0.0154 e. The van der Waals surface area contributed by atoms with E-state index in [1.165, 1.54) is 38.9 Å². The molecular weight excluding hydrogens is 288 g/mol. The van der Waals surface area contributed by atoms with Gasteiger partial charge in [0.15, 0.2) is 0 Å². The summed E-state index contributed by atoms with van der Waals surface area (Å²) in [7, 11) is 0. The van der Waals surface area contributed by atoms with E-state index in [1.54, 1.807) is 0 Å². The standard InChI is InChI=1S/C22H22.C2H6/c1-4-18-7-11-20(12-8-18)22-14-13-21(15-17(22)3)19-9-5-16(2)6-10-19;1-2/h5-15H,4H2,1-3H3;1-2H3. The minimum absolute atomic E-state index is 1.09. The van der Waals surface area contributed by atoms with Gasteiger partial charge in [-0.3, -0.25) is 0 Å². The summed E-state index contributed by atoms with van der Waals surface area (Å²) in [5.74, 6) is 0. The molecule has 0 spiro atoms. The second-order valence-corrected chi connectivity index (χ2v) is 5.95. The molecule has 24 heavy (non-hydrogen) atoms. The van der Waals surface area contributed by atoms with E-state index in [9.17, 15) is 0 Å². The summed E-state index contributed by atoms with van der Waals surface area (Å²) < 4.78 is 0. The molecule has 0 aliphatic carbocycles. The van der Waals surface area contributed by atoms with E-state index in [2.05, 4.69) is 87.5 Å². The Morgan fingerprint density at radius 1 is 0.625 bits per heavy atom. The fraction of sp³-hybridized carbons (Fsp3) is 0.250. The maximum absolute atomic E-state index is 2.29. The molecule has 124 valence electrons. The Bertz CT molecular complexity index is 762. The lowest BCUT2D eigenvalue weighted by molar-refractivity contribution is 1.14. The van der Waals surface area contributed by atoms with Crippen molar-refractivity contribution < 1.29 is 0 Å². The van der Waals surface area contributed by atoms with Crippen molar-refractivity contribution >= 4 is 0 Å². The van der Waals surface area contributed by atoms with Crippen LogP contribution in [0.3, 0.4) is 0 Å². The quantitative estimate of drug-likeness (QED) is 0.478. The molecule has 0 aliphatic rings. The average Bonchev–Trinajstić information content (AvgIpc) is 2.64. The number of aryl methyl sites for hydroxylation is 3. The monoisotopic (exact) mass is 316 g/mol. The van der Waals surface area contributed by atoms with Gasteiger partial charge in [0.25, 0.3) is 0 Å². The average molecular weight is 316 g/mol. The first-order chi connectivity index (χ1) is 11.7. The molecule has 0 unspecified atom stereocenters. The number of rotatable bonds is 3. The minimum Gasteiger partial charge on any atom is -0.0683 e. The fourth-order valence-corrected chi connectivity index (χ4v) is 2.83. The lowest BCUT2D eigenvalue weighted by atomic mass is 9.95. The Labute approximate surface area is 147 Å². The van der Waals surface area contributed by atoms with Crippen LogP contribution in [0.2, 0.25) is 0 Å². The third-order valence-electron chi connectivity index (χ3n) is 4.28. The second kappa shape index (κ2) is 8.49. The van der Waals surface area contributed by atoms with Gasteiger partial charge in [-0.1, -0.05) is 93.1 Å². The Kier molecular flexibility index (Phi) is 6.37. The summed E-state index contributed by atoms with van der Waals surface area (Å²) in [6, 6.07) is 24.4. The van der Waals surface area contributed by atoms with Crippen molar-refractivity contribution in [3.63, 3.8) is 0 Å². The van der Waals surface area contributed by atoms with Gasteiger partial charge in [-0.05, 0) is 53.6 Å². The van der Waals surface area contributed by atoms with Crippen LogP contribution in [0.25, 0.3) is 22.3 Å². The topological polar surface area (TPSA) is 0 Å². The van der Waals surface area contributed by atoms with E-state index in [0.29, 0.717) is 0 Å². The predicted octanol–water partition coefficient (Wildman–Crippen LogP) is 7.23. The van der Waals surface area contributed by atoms with Gasteiger partial charge in [0.05, 0.1) is 0 Å². The maximum atomic E-state index is 2.29. The van der Waals surface area contributed by atoms with E-state index >= 15 is 0 Å². The van der Waals surface area contributed by atoms with Crippen molar-refractivity contribution in [2.45, 2.75) is 41.0 Å². The molecule has 0 saturated heterocycles. The van der Waals surface area contributed by atoms with Crippen LogP contribution < -0.4 is 0 Å². The van der Waals surface area contributed by atoms with Crippen LogP contribution in [-0.2, 0) is 6.42 Å². The van der Waals surface area contributed by atoms with Crippen LogP contribution in [0.5, 0.6) is 0 Å². The molecule has 0 heterocycles. The predicted molar refractivity (Wildman–Crippen MR) is 108 cm³/mol. The largest absolute Gasteiger partial charge is 0.0683 e. The van der Waals surface area contributed by atoms with Crippen molar-refractivity contribution in [1.29, 1.82) is 0 Å². The summed E-state index contributed by atoms with van der Waals surface area (Å²) in [4.78, 5) is 0. The fourth-order valence-electron chi connectivity index (χ4n) is 2.83. The smallest absolute Gasteiger partial charge is 0.0154 e. The van der Waals surface area contributed by atoms with Gasteiger partial charge in [-0.25, -0.2) is 0 Å². The van der Waals surface area contributed by atoms with Gasteiger partial charge in [0, 0.05) is 0 Å². The highest BCUT2D eigenvalue weighted by Crippen LogP contribution is 2.29. The van der Waals surface area contributed by atoms with E-state index in [-0.39, 0.29) is 0 Å². The van der Waals surface area contributed by atoms with E-state index in [1.807, 2.05) is 13.8 Å². The molecule has 0 aliphatic heterocycles. The number of hydrogen-bond acceptors (Lipinski definition) is 0. The van der Waals surface area contributed by atoms with Crippen LogP contribution in [-0.4, -0.2) is 0 Å². The Hall–Kier alpha value is -2.34. The molecular formula is C24H28. The lowest BCUT2D eigenvalue weighted by Gasteiger charge is -2.10. The summed E-state index contributed by atoms with van der Waals surface area (Å²) in [6.45, 7) is 10.5. The van der Waals surface area contributed by atoms with Crippen molar-refractivity contribution in [2.24, 2.45) is 0 Å². The molecule has 0 atom stereocenters. The highest BCUT2D eigenvalue weighted by Gasteiger charge is 2.05. The lowest BCUT2D eigenvalue weighted by Crippen LogP contribution is -1.87. The zero-order valence-corrected chi connectivity index (χ0v) is 15.6. The molecule has 0 N–H and O–H groups in total. The van der Waals surface area contributed by atoms with Gasteiger partial charge in [-0.15, -0.1) is 0 Å². The van der Waals surface area contributed by atoms with Gasteiger partial charge < -0.3 is 0 Å². The van der Waals surface area contributed by atoms with Crippen LogP contribution >= 0.6 is 0 Å². The first-order valence-electron chi connectivity index (χ1n) is 8.94. The van der Waals surface area contributed by atoms with Gasteiger partial charge in [0.2, 0.25) is 0 Å². The Balaban J connectivity index is 0.00000100. The highest BCUT2D eigenvalue weighted by molar-refractivity contribution is 5.73. The van der Waals surface area contributed by atoms with Crippen LogP contribution in [0.15, 0.2) is 66.7 Å². The van der Waals surface area contributed by atoms with Gasteiger partial charge in [-0.2, -0.15) is 0 Å². The first kappa shape index (κ1) is 18.0. The van der Waals surface area contributed by atoms with E-state index < -0.39 is 0 Å². The molecule has 3 aromatic carbocycles. The third kappa shape index (κ3) is 4.14. The van der Waals surface area contributed by atoms with Crippen molar-refractivity contribution in [1.82, 2.24) is 0 Å². The summed E-state index contributed by atoms with van der Waals surface area (Å²) in [6.07, 6.45) is 1.09. The van der Waals surface area contributed by atoms with Gasteiger partial charge >= 0.3 is 0 Å². The molecule has 0 amide bonds. The molecule has 0 saturated carbocycles. The van der Waals surface area contributed by atoms with Crippen molar-refractivity contribution in [3.8, 4) is 22.3 Å². The molecule has 0 bridgehead atoms. The molecule has 0 aromatic heterocycles. The summed E-state index contributed by atoms with van der Waals surface area (Å²) >= 11 is 0. The molecule has 3 aromatic rings. The Morgan fingerprint density at radius 3 is 1.71 bits per heavy atom. The molecule has 0 nitrogen and oxygen atoms in total. The van der Waals surface area contributed by atoms with E-state index in [4.69, 9.17) is 0 Å². The highest BCUT2D eigenvalue weighted by atomic mass is 14.1. The third-order valence-corrected chi connectivity index (χ3v) is 4.28. The zero-order valence-electron chi connectivity index (χ0n) is 15.6. The molecule has 0 fully saturated rings. The first-order valence-corrected chi connectivity index (χ1v) is 8.94. The van der Waals surface area contributed by atoms with Crippen LogP contribution in [0, 0.1) is 13.8 Å². The number of hydrogen-bond donors (Lipinski definition) is 0. The summed E-state index contributed by atoms with van der Waals surface area (Å²) in [5, 5.41) is 0. The van der Waals surface area contributed by atoms with Crippen LogP contribution in [0.4, 0.5) is 0 Å². The minimum atomic E-state index is 1.09. The van der Waals surface area contributed by atoms with E-state index in [0.717, 1.165) is 6.42 Å². The SMILES string of the molecule is CC.CCc1ccc(-c2ccc(-c3ccc(C)cc3)cc2C)cc1. The van der Waals surface area contributed by atoms with Crippen LogP contribution in [0.1, 0.15) is 37.5 Å². The molecule has 3 rings (SSSR count). The molecule has 0 heteroatoms. The van der Waals surface area contributed by atoms with Crippen molar-refractivity contribution in [3.05, 3.63) is 83.4 Å². The van der Waals surface area contributed by atoms with Crippen molar-refractivity contribution in [2.75, 3.05) is 0 Å². The second-order valence-electron chi connectivity index (χ2n) is 5.95. The number of benzene rings is 3. The zero-order chi connectivity index (χ0) is 17.5. The Morgan fingerprint density at radius 2 is 1.17 bits per heavy atom. The molecule has 0 radical (unpaired) electrons. The normalized spacial score (nSPS) is 10.0.